The van der Waals surface area contributed by atoms with Crippen LogP contribution in [-0.4, -0.2) is 0 Å². The van der Waals surface area contributed by atoms with Crippen molar-refractivity contribution in [1.82, 2.24) is 0 Å². The largest absolute Gasteiger partial charge is 0.0988 e. The summed E-state index contributed by atoms with van der Waals surface area (Å²) in [7, 11) is 0. The van der Waals surface area contributed by atoms with Gasteiger partial charge in [0.15, 0.2) is 0 Å². The molecule has 0 aliphatic heterocycles. The first kappa shape index (κ1) is 13.6. The summed E-state index contributed by atoms with van der Waals surface area (Å²) in [5.74, 6) is 0. The molecule has 7 rings (SSSR count). The van der Waals surface area contributed by atoms with Gasteiger partial charge in [-0.15, -0.1) is 0 Å². The molecule has 110 valence electrons. The van der Waals surface area contributed by atoms with E-state index >= 15 is 0 Å². The Morgan fingerprint density at radius 2 is 1.32 bits per heavy atom. The Hall–Kier alpha value is -2.08. The van der Waals surface area contributed by atoms with Gasteiger partial charge in [-0.25, -0.2) is 0 Å². The van der Waals surface area contributed by atoms with Crippen LogP contribution in [0.15, 0.2) is 54.6 Å². The molecule has 4 bridgehead atoms. The lowest BCUT2D eigenvalue weighted by atomic mass is 9.82. The molecule has 22 heavy (non-hydrogen) atoms. The minimum absolute atomic E-state index is 1.13. The van der Waals surface area contributed by atoms with Gasteiger partial charge in [0.05, 0.1) is 0 Å². The number of rotatable bonds is 1. The quantitative estimate of drug-likeness (QED) is 0.685. The molecule has 0 saturated heterocycles. The van der Waals surface area contributed by atoms with Crippen LogP contribution in [0, 0.1) is 0 Å². The van der Waals surface area contributed by atoms with Crippen molar-refractivity contribution in [2.45, 2.75) is 38.5 Å². The smallest absolute Gasteiger partial charge is 0.0187 e. The molecule has 0 heterocycles. The highest BCUT2D eigenvalue weighted by Crippen LogP contribution is 2.32. The van der Waals surface area contributed by atoms with Gasteiger partial charge in [-0.2, -0.15) is 0 Å². The second-order valence-electron chi connectivity index (χ2n) is 6.52. The monoisotopic (exact) mass is 286 g/mol. The van der Waals surface area contributed by atoms with Gasteiger partial charge in [0.25, 0.3) is 0 Å². The molecule has 0 spiro atoms. The van der Waals surface area contributed by atoms with Crippen LogP contribution in [0.5, 0.6) is 0 Å². The van der Waals surface area contributed by atoms with Gasteiger partial charge in [-0.3, -0.25) is 0 Å². The molecule has 2 aromatic rings. The van der Waals surface area contributed by atoms with Gasteiger partial charge in [-0.05, 0) is 77.5 Å². The molecule has 0 radical (unpaired) electrons. The first-order chi connectivity index (χ1) is 10.8. The highest BCUT2D eigenvalue weighted by Gasteiger charge is 2.17. The summed E-state index contributed by atoms with van der Waals surface area (Å²) in [6.07, 6.45) is 11.3. The highest BCUT2D eigenvalue weighted by molar-refractivity contribution is 5.66. The van der Waals surface area contributed by atoms with E-state index in [9.17, 15) is 0 Å². The molecule has 5 aliphatic carbocycles. The summed E-state index contributed by atoms with van der Waals surface area (Å²) >= 11 is 0. The van der Waals surface area contributed by atoms with Crippen LogP contribution in [0.1, 0.15) is 39.8 Å². The molecule has 2 aromatic carbocycles. The zero-order valence-corrected chi connectivity index (χ0v) is 13.1. The molecular weight excluding hydrogens is 264 g/mol. The SMILES string of the molecule is C=CC1=Cc2c3ccc(c2CC1)CCc1ccc(cc1)CC3. The molecule has 0 N–H and O–H groups in total. The van der Waals surface area contributed by atoms with E-state index in [-0.39, 0.29) is 0 Å². The maximum atomic E-state index is 3.97. The van der Waals surface area contributed by atoms with Gasteiger partial charge in [-0.1, -0.05) is 55.1 Å². The van der Waals surface area contributed by atoms with Crippen LogP contribution in [0.3, 0.4) is 0 Å². The summed E-state index contributed by atoms with van der Waals surface area (Å²) in [6, 6.07) is 14.0. The van der Waals surface area contributed by atoms with Crippen molar-refractivity contribution in [3.05, 3.63) is 88.0 Å². The summed E-state index contributed by atoms with van der Waals surface area (Å²) in [4.78, 5) is 0. The third kappa shape index (κ3) is 2.43. The Balaban J connectivity index is 1.83. The zero-order valence-electron chi connectivity index (χ0n) is 13.1. The van der Waals surface area contributed by atoms with Gasteiger partial charge < -0.3 is 0 Å². The third-order valence-corrected chi connectivity index (χ3v) is 5.19. The maximum Gasteiger partial charge on any atom is -0.0187 e. The predicted molar refractivity (Wildman–Crippen MR) is 94.2 cm³/mol. The van der Waals surface area contributed by atoms with Gasteiger partial charge in [0, 0.05) is 0 Å². The van der Waals surface area contributed by atoms with Crippen LogP contribution < -0.4 is 0 Å². The Morgan fingerprint density at radius 3 is 2.00 bits per heavy atom. The zero-order chi connectivity index (χ0) is 14.9. The van der Waals surface area contributed by atoms with Crippen molar-refractivity contribution in [3.8, 4) is 0 Å². The summed E-state index contributed by atoms with van der Waals surface area (Å²) in [5.41, 5.74) is 10.4. The maximum absolute atomic E-state index is 3.97. The average molecular weight is 286 g/mol. The van der Waals surface area contributed by atoms with Crippen molar-refractivity contribution in [3.63, 3.8) is 0 Å². The molecule has 0 nitrogen and oxygen atoms in total. The van der Waals surface area contributed by atoms with E-state index in [1.165, 1.54) is 34.2 Å². The van der Waals surface area contributed by atoms with Gasteiger partial charge >= 0.3 is 0 Å². The van der Waals surface area contributed by atoms with Crippen LogP contribution in [0.4, 0.5) is 0 Å². The normalized spacial score (nSPS) is 16.5. The average Bonchev–Trinajstić information content (AvgIpc) is 2.56. The van der Waals surface area contributed by atoms with Gasteiger partial charge in [0.1, 0.15) is 0 Å². The lowest BCUT2D eigenvalue weighted by Crippen LogP contribution is -2.09. The number of allylic oxidation sites excluding steroid dienone is 2. The molecule has 0 aromatic heterocycles. The van der Waals surface area contributed by atoms with E-state index in [0.29, 0.717) is 0 Å². The topological polar surface area (TPSA) is 0 Å². The number of hydrogen-bond acceptors (Lipinski definition) is 0. The second kappa shape index (κ2) is 5.61. The van der Waals surface area contributed by atoms with Crippen LogP contribution in [-0.2, 0) is 32.1 Å². The van der Waals surface area contributed by atoms with Crippen LogP contribution >= 0.6 is 0 Å². The molecule has 0 unspecified atom stereocenters. The lowest BCUT2D eigenvalue weighted by Gasteiger charge is -2.22. The van der Waals surface area contributed by atoms with E-state index in [0.717, 1.165) is 32.1 Å². The molecule has 0 heteroatoms. The third-order valence-electron chi connectivity index (χ3n) is 5.19. The van der Waals surface area contributed by atoms with Crippen molar-refractivity contribution in [2.75, 3.05) is 0 Å². The lowest BCUT2D eigenvalue weighted by molar-refractivity contribution is 0.862. The fourth-order valence-corrected chi connectivity index (χ4v) is 3.80. The molecular formula is C22H22. The van der Waals surface area contributed by atoms with Crippen molar-refractivity contribution in [1.29, 1.82) is 0 Å². The molecule has 0 amide bonds. The summed E-state index contributed by atoms with van der Waals surface area (Å²) in [5, 5.41) is 0. The molecule has 0 fully saturated rings. The highest BCUT2D eigenvalue weighted by atomic mass is 14.2. The molecule has 5 aliphatic rings. The van der Waals surface area contributed by atoms with Gasteiger partial charge in [0.2, 0.25) is 0 Å². The molecule has 0 atom stereocenters. The first-order valence-corrected chi connectivity index (χ1v) is 8.38. The van der Waals surface area contributed by atoms with Crippen molar-refractivity contribution >= 4 is 6.08 Å². The van der Waals surface area contributed by atoms with E-state index in [1.807, 2.05) is 6.08 Å². The second-order valence-corrected chi connectivity index (χ2v) is 6.52. The fraction of sp³-hybridized carbons (Fsp3) is 0.273. The Morgan fingerprint density at radius 1 is 0.682 bits per heavy atom. The summed E-state index contributed by atoms with van der Waals surface area (Å²) < 4.78 is 0. The van der Waals surface area contributed by atoms with Crippen molar-refractivity contribution in [2.24, 2.45) is 0 Å². The number of aryl methyl sites for hydroxylation is 4. The van der Waals surface area contributed by atoms with E-state index in [4.69, 9.17) is 0 Å². The Kier molecular flexibility index (Phi) is 3.46. The standard InChI is InChI=1S/C22H22/c1-2-16-9-14-21-19-10-7-17-3-5-18(6-4-17)8-11-20(13-12-19)22(21)15-16/h2-6,12-13,15H,1,7-11,14H2. The summed E-state index contributed by atoms with van der Waals surface area (Å²) in [6.45, 7) is 3.97. The Bertz CT molecular complexity index is 744. The van der Waals surface area contributed by atoms with E-state index in [2.05, 4.69) is 49.1 Å². The van der Waals surface area contributed by atoms with E-state index in [1.54, 1.807) is 11.1 Å². The number of hydrogen-bond donors (Lipinski definition) is 0. The first-order valence-electron chi connectivity index (χ1n) is 8.38. The fourth-order valence-electron chi connectivity index (χ4n) is 3.80. The minimum atomic E-state index is 1.13. The van der Waals surface area contributed by atoms with Crippen molar-refractivity contribution < 1.29 is 0 Å². The van der Waals surface area contributed by atoms with Crippen LogP contribution in [0.25, 0.3) is 6.08 Å². The molecule has 0 saturated carbocycles. The Labute approximate surface area is 133 Å². The predicted octanol–water partition coefficient (Wildman–Crippen LogP) is 5.09. The minimum Gasteiger partial charge on any atom is -0.0988 e. The van der Waals surface area contributed by atoms with Crippen LogP contribution in [0.2, 0.25) is 0 Å². The van der Waals surface area contributed by atoms with E-state index < -0.39 is 0 Å². The number of benzene rings is 2.